The van der Waals surface area contributed by atoms with Crippen molar-refractivity contribution in [3.05, 3.63) is 5.89 Å². The van der Waals surface area contributed by atoms with Gasteiger partial charge in [0.15, 0.2) is 0 Å². The number of sulfonamides is 1. The summed E-state index contributed by atoms with van der Waals surface area (Å²) in [7, 11) is -3.57. The van der Waals surface area contributed by atoms with Gasteiger partial charge in [0.25, 0.3) is 0 Å². The highest BCUT2D eigenvalue weighted by Crippen LogP contribution is 2.05. The van der Waals surface area contributed by atoms with Gasteiger partial charge in [0, 0.05) is 6.92 Å². The predicted molar refractivity (Wildman–Crippen MR) is 43.5 cm³/mol. The lowest BCUT2D eigenvalue weighted by atomic mass is 10.8. The quantitative estimate of drug-likeness (QED) is 0.663. The van der Waals surface area contributed by atoms with Crippen molar-refractivity contribution in [2.24, 2.45) is 0 Å². The fourth-order valence-electron chi connectivity index (χ4n) is 0.642. The van der Waals surface area contributed by atoms with Crippen molar-refractivity contribution in [1.82, 2.24) is 10.2 Å². The first-order chi connectivity index (χ1) is 6.03. The Morgan fingerprint density at radius 2 is 2.23 bits per heavy atom. The molecule has 0 fully saturated rings. The summed E-state index contributed by atoms with van der Waals surface area (Å²) < 4.78 is 28.8. The van der Waals surface area contributed by atoms with E-state index in [1.807, 2.05) is 4.72 Å². The number of aromatic nitrogens is 2. The van der Waals surface area contributed by atoms with Crippen LogP contribution in [0.15, 0.2) is 4.42 Å². The van der Waals surface area contributed by atoms with E-state index in [2.05, 4.69) is 10.2 Å². The van der Waals surface area contributed by atoms with E-state index in [0.717, 1.165) is 0 Å². The molecule has 0 spiro atoms. The Morgan fingerprint density at radius 3 is 2.69 bits per heavy atom. The molecule has 1 heterocycles. The molecule has 8 heteroatoms. The number of aliphatic hydroxyl groups is 1. The summed E-state index contributed by atoms with van der Waals surface area (Å²) >= 11 is 0. The van der Waals surface area contributed by atoms with Crippen LogP contribution in [0, 0.1) is 6.92 Å². The third kappa shape index (κ3) is 2.99. The Balaban J connectivity index is 2.69. The summed E-state index contributed by atoms with van der Waals surface area (Å²) in [6.45, 7) is 1.08. The van der Waals surface area contributed by atoms with Crippen LogP contribution in [0.3, 0.4) is 0 Å². The van der Waals surface area contributed by atoms with E-state index >= 15 is 0 Å². The number of nitrogens with one attached hydrogen (secondary N) is 1. The number of rotatable bonds is 4. The van der Waals surface area contributed by atoms with Crippen molar-refractivity contribution in [1.29, 1.82) is 0 Å². The second-order valence-corrected chi connectivity index (χ2v) is 4.11. The third-order valence-electron chi connectivity index (χ3n) is 1.13. The van der Waals surface area contributed by atoms with E-state index in [-0.39, 0.29) is 11.9 Å². The van der Waals surface area contributed by atoms with Crippen molar-refractivity contribution in [2.45, 2.75) is 6.92 Å². The first kappa shape index (κ1) is 9.93. The molecule has 0 atom stereocenters. The molecular formula is C5H9N3O4S. The fraction of sp³-hybridized carbons (Fsp3) is 0.600. The Morgan fingerprint density at radius 1 is 1.54 bits per heavy atom. The molecule has 0 unspecified atom stereocenters. The topological polar surface area (TPSA) is 105 Å². The molecule has 74 valence electrons. The van der Waals surface area contributed by atoms with Crippen LogP contribution >= 0.6 is 0 Å². The van der Waals surface area contributed by atoms with Gasteiger partial charge in [-0.2, -0.15) is 0 Å². The highest BCUT2D eigenvalue weighted by Gasteiger charge is 2.12. The molecular weight excluding hydrogens is 198 g/mol. The molecule has 0 aliphatic rings. The Kier molecular flexibility index (Phi) is 2.83. The predicted octanol–water partition coefficient (Wildman–Crippen LogP) is -0.888. The van der Waals surface area contributed by atoms with Gasteiger partial charge in [-0.3, -0.25) is 0 Å². The van der Waals surface area contributed by atoms with Crippen LogP contribution in [0.2, 0.25) is 0 Å². The van der Waals surface area contributed by atoms with Crippen LogP contribution in [0.5, 0.6) is 0 Å². The molecule has 0 aliphatic heterocycles. The van der Waals surface area contributed by atoms with E-state index < -0.39 is 22.4 Å². The fourth-order valence-corrected chi connectivity index (χ4v) is 1.33. The van der Waals surface area contributed by atoms with E-state index in [4.69, 9.17) is 9.52 Å². The lowest BCUT2D eigenvalue weighted by molar-refractivity contribution is 0.320. The maximum Gasteiger partial charge on any atom is 0.329 e. The van der Waals surface area contributed by atoms with E-state index in [1.165, 1.54) is 6.92 Å². The first-order valence-electron chi connectivity index (χ1n) is 3.45. The highest BCUT2D eigenvalue weighted by molar-refractivity contribution is 7.92. The van der Waals surface area contributed by atoms with Crippen LogP contribution in [0.25, 0.3) is 0 Å². The largest absolute Gasteiger partial charge is 0.408 e. The van der Waals surface area contributed by atoms with Gasteiger partial charge in [0.1, 0.15) is 0 Å². The monoisotopic (exact) mass is 207 g/mol. The summed E-state index contributed by atoms with van der Waals surface area (Å²) in [5.41, 5.74) is 0. The van der Waals surface area contributed by atoms with Gasteiger partial charge < -0.3 is 9.52 Å². The molecule has 1 aromatic rings. The Labute approximate surface area is 74.8 Å². The summed E-state index contributed by atoms with van der Waals surface area (Å²) in [4.78, 5) is 0. The van der Waals surface area contributed by atoms with Crippen LogP contribution in [0.4, 0.5) is 6.01 Å². The number of aliphatic hydroxyl groups excluding tert-OH is 1. The Bertz CT molecular complexity index is 371. The molecule has 1 aromatic heterocycles. The summed E-state index contributed by atoms with van der Waals surface area (Å²) in [6, 6.07) is -0.189. The minimum Gasteiger partial charge on any atom is -0.408 e. The van der Waals surface area contributed by atoms with Crippen LogP contribution in [0.1, 0.15) is 5.89 Å². The summed E-state index contributed by atoms with van der Waals surface area (Å²) in [5, 5.41) is 15.2. The third-order valence-corrected chi connectivity index (χ3v) is 2.33. The van der Waals surface area contributed by atoms with Gasteiger partial charge in [-0.05, 0) is 0 Å². The zero-order valence-electron chi connectivity index (χ0n) is 6.89. The normalized spacial score (nSPS) is 11.5. The van der Waals surface area contributed by atoms with E-state index in [1.54, 1.807) is 0 Å². The van der Waals surface area contributed by atoms with Gasteiger partial charge >= 0.3 is 6.01 Å². The number of nitrogens with zero attached hydrogens (tertiary/aromatic N) is 2. The van der Waals surface area contributed by atoms with Gasteiger partial charge in [-0.25, -0.2) is 13.1 Å². The molecule has 0 radical (unpaired) electrons. The molecule has 0 aromatic carbocycles. The van der Waals surface area contributed by atoms with E-state index in [0.29, 0.717) is 0 Å². The van der Waals surface area contributed by atoms with Gasteiger partial charge in [0.2, 0.25) is 15.9 Å². The average Bonchev–Trinajstić information content (AvgIpc) is 2.34. The number of aryl methyl sites for hydroxylation is 1. The molecule has 0 amide bonds. The maximum atomic E-state index is 11.0. The Hall–Kier alpha value is -1.15. The second-order valence-electron chi connectivity index (χ2n) is 2.27. The van der Waals surface area contributed by atoms with Crippen molar-refractivity contribution in [3.63, 3.8) is 0 Å². The molecule has 0 aliphatic carbocycles. The van der Waals surface area contributed by atoms with Crippen molar-refractivity contribution < 1.29 is 17.9 Å². The molecule has 13 heavy (non-hydrogen) atoms. The maximum absolute atomic E-state index is 11.0. The second kappa shape index (κ2) is 3.71. The summed E-state index contributed by atoms with van der Waals surface area (Å²) in [5.74, 6) is -0.129. The average molecular weight is 207 g/mol. The zero-order valence-corrected chi connectivity index (χ0v) is 7.71. The van der Waals surface area contributed by atoms with Crippen LogP contribution in [-0.4, -0.2) is 36.1 Å². The minimum absolute atomic E-state index is 0.189. The van der Waals surface area contributed by atoms with Crippen molar-refractivity contribution >= 4 is 16.0 Å². The molecule has 0 bridgehead atoms. The number of hydrogen-bond donors (Lipinski definition) is 2. The highest BCUT2D eigenvalue weighted by atomic mass is 32.2. The van der Waals surface area contributed by atoms with Crippen LogP contribution < -0.4 is 4.72 Å². The van der Waals surface area contributed by atoms with E-state index in [9.17, 15) is 8.42 Å². The van der Waals surface area contributed by atoms with Crippen LogP contribution in [-0.2, 0) is 10.0 Å². The van der Waals surface area contributed by atoms with Gasteiger partial charge in [0.05, 0.1) is 12.4 Å². The minimum atomic E-state index is -3.57. The number of hydrogen-bond acceptors (Lipinski definition) is 6. The first-order valence-corrected chi connectivity index (χ1v) is 5.10. The van der Waals surface area contributed by atoms with Gasteiger partial charge in [-0.15, -0.1) is 5.10 Å². The van der Waals surface area contributed by atoms with Crippen molar-refractivity contribution in [3.8, 4) is 0 Å². The SMILES string of the molecule is Cc1nnc(NS(=O)(=O)CCO)o1. The number of anilines is 1. The lowest BCUT2D eigenvalue weighted by Gasteiger charge is -1.99. The molecule has 7 nitrogen and oxygen atoms in total. The zero-order chi connectivity index (χ0) is 9.90. The smallest absolute Gasteiger partial charge is 0.329 e. The molecule has 0 saturated heterocycles. The lowest BCUT2D eigenvalue weighted by Crippen LogP contribution is -2.19. The molecule has 0 saturated carbocycles. The molecule has 2 N–H and O–H groups in total. The summed E-state index contributed by atoms with van der Waals surface area (Å²) in [6.07, 6.45) is 0. The molecule has 1 rings (SSSR count). The van der Waals surface area contributed by atoms with Gasteiger partial charge in [-0.1, -0.05) is 5.10 Å². The standard InChI is InChI=1S/C5H9N3O4S/c1-4-6-7-5(12-4)8-13(10,11)3-2-9/h9H,2-3H2,1H3,(H,7,8). The van der Waals surface area contributed by atoms with Crippen molar-refractivity contribution in [2.75, 3.05) is 17.1 Å².